The Balaban J connectivity index is 0.000000184. The third-order valence-corrected chi connectivity index (χ3v) is 15.8. The zero-order valence-corrected chi connectivity index (χ0v) is 41.8. The second-order valence-corrected chi connectivity index (χ2v) is 21.1. The Bertz CT molecular complexity index is 2070. The second kappa shape index (κ2) is 27.8. The highest BCUT2D eigenvalue weighted by molar-refractivity contribution is 8.77. The van der Waals surface area contributed by atoms with Crippen LogP contribution in [-0.4, -0.2) is 188 Å². The number of aromatic amines is 2. The lowest BCUT2D eigenvalue weighted by atomic mass is 10.2. The van der Waals surface area contributed by atoms with Crippen molar-refractivity contribution in [2.45, 2.75) is 121 Å². The summed E-state index contributed by atoms with van der Waals surface area (Å²) in [5, 5.41) is 19.5. The van der Waals surface area contributed by atoms with Crippen molar-refractivity contribution in [3.05, 3.63) is 65.2 Å². The Morgan fingerprint density at radius 2 is 1.06 bits per heavy atom. The van der Waals surface area contributed by atoms with E-state index in [1.54, 1.807) is 64.1 Å². The molecule has 68 heavy (non-hydrogen) atoms. The number of aromatic nitrogens is 4. The third-order valence-electron chi connectivity index (χ3n) is 10.8. The van der Waals surface area contributed by atoms with Crippen LogP contribution in [0.3, 0.4) is 0 Å². The van der Waals surface area contributed by atoms with E-state index in [1.165, 1.54) is 35.7 Å². The number of methoxy groups -OCH3 is 3. The van der Waals surface area contributed by atoms with Crippen LogP contribution in [0.15, 0.2) is 31.6 Å². The van der Waals surface area contributed by atoms with Crippen molar-refractivity contribution in [2.75, 3.05) is 84.0 Å². The monoisotopic (exact) mass is 1050 g/mol. The van der Waals surface area contributed by atoms with Crippen molar-refractivity contribution in [2.24, 2.45) is 0 Å². The summed E-state index contributed by atoms with van der Waals surface area (Å²) in [6.07, 6.45) is 0.248. The molecule has 0 bridgehead atoms. The van der Waals surface area contributed by atoms with Gasteiger partial charge in [0.25, 0.3) is 30.5 Å². The molecule has 8 heterocycles. The summed E-state index contributed by atoms with van der Waals surface area (Å²) >= 11 is 0. The first-order valence-electron chi connectivity index (χ1n) is 21.8. The zero-order valence-electron chi connectivity index (χ0n) is 38.5. The van der Waals surface area contributed by atoms with Gasteiger partial charge in [-0.25, -0.2) is 9.59 Å². The van der Waals surface area contributed by atoms with Gasteiger partial charge in [0.1, 0.15) is 24.7 Å². The van der Waals surface area contributed by atoms with Gasteiger partial charge in [-0.15, -0.1) is 0 Å². The molecule has 8 rings (SSSR count). The molecule has 28 heteroatoms. The van der Waals surface area contributed by atoms with E-state index in [2.05, 4.69) is 9.97 Å². The SMILES string of the molecule is COC1C[C@H](n2cc(C)c(=O)[nH]c2=O)O[C@@H]1CO.COC1OCC(CSSCC2COC(C)O2)O1.COC1OCC(CSSCC2COC(OC[C@H]3O[C@@H](n4cc(C)c(=O)[nH]c4=O)CC3O)O2)O1. The molecule has 386 valence electrons. The number of aliphatic hydroxyl groups excluding tert-OH is 2. The number of ether oxygens (including phenoxy) is 14. The fourth-order valence-electron chi connectivity index (χ4n) is 7.13. The maximum Gasteiger partial charge on any atom is 0.330 e. The number of hydrogen-bond acceptors (Lipinski definition) is 24. The number of aliphatic hydroxyl groups is 2. The van der Waals surface area contributed by atoms with Crippen molar-refractivity contribution in [1.29, 1.82) is 0 Å². The predicted octanol–water partition coefficient (Wildman–Crippen LogP) is 0.550. The number of hydrogen-bond donors (Lipinski definition) is 4. The number of nitrogens with one attached hydrogen (secondary N) is 2. The van der Waals surface area contributed by atoms with E-state index in [1.807, 2.05) is 6.92 Å². The highest BCUT2D eigenvalue weighted by atomic mass is 33.1. The van der Waals surface area contributed by atoms with E-state index in [-0.39, 0.29) is 56.4 Å². The number of nitrogens with zero attached hydrogens (tertiary/aromatic N) is 2. The molecule has 0 radical (unpaired) electrons. The molecule has 0 aromatic carbocycles. The zero-order chi connectivity index (χ0) is 48.7. The van der Waals surface area contributed by atoms with Gasteiger partial charge < -0.3 is 76.5 Å². The fraction of sp³-hybridized carbons (Fsp3) is 0.800. The molecule has 10 unspecified atom stereocenters. The predicted molar refractivity (Wildman–Crippen MR) is 247 cm³/mol. The van der Waals surface area contributed by atoms with E-state index in [9.17, 15) is 24.3 Å². The molecule has 4 N–H and O–H groups in total. The minimum absolute atomic E-state index is 0.00171. The maximum absolute atomic E-state index is 12.1. The molecule has 6 aliphatic rings. The van der Waals surface area contributed by atoms with Gasteiger partial charge in [-0.3, -0.25) is 28.7 Å². The topological polar surface area (TPSA) is 279 Å². The normalized spacial score (nSPS) is 33.4. The number of H-pyrrole nitrogens is 2. The smallest absolute Gasteiger partial charge is 0.330 e. The van der Waals surface area contributed by atoms with Gasteiger partial charge in [0.15, 0.2) is 6.29 Å². The average molecular weight is 1050 g/mol. The highest BCUT2D eigenvalue weighted by Crippen LogP contribution is 2.32. The van der Waals surface area contributed by atoms with Crippen LogP contribution < -0.4 is 22.5 Å². The quantitative estimate of drug-likeness (QED) is 0.110. The Morgan fingerprint density at radius 1 is 0.618 bits per heavy atom. The van der Waals surface area contributed by atoms with Gasteiger partial charge in [0.05, 0.1) is 76.3 Å². The fourth-order valence-corrected chi connectivity index (χ4v) is 11.8. The summed E-state index contributed by atoms with van der Waals surface area (Å²) in [6, 6.07) is 0. The van der Waals surface area contributed by atoms with Crippen molar-refractivity contribution in [3.63, 3.8) is 0 Å². The molecular weight excluding hydrogens is 985 g/mol. The van der Waals surface area contributed by atoms with E-state index >= 15 is 0 Å². The van der Waals surface area contributed by atoms with Crippen molar-refractivity contribution in [3.8, 4) is 0 Å². The van der Waals surface area contributed by atoms with Crippen LogP contribution in [-0.2, 0) is 66.3 Å². The molecule has 0 amide bonds. The van der Waals surface area contributed by atoms with Gasteiger partial charge in [-0.05, 0) is 20.8 Å². The van der Waals surface area contributed by atoms with Crippen LogP contribution in [0.2, 0.25) is 0 Å². The van der Waals surface area contributed by atoms with Crippen molar-refractivity contribution in [1.82, 2.24) is 19.1 Å². The molecule has 6 fully saturated rings. The first-order chi connectivity index (χ1) is 32.8. The Labute approximate surface area is 407 Å². The average Bonchev–Trinajstić information content (AvgIpc) is 4.20. The minimum atomic E-state index is -0.845. The molecule has 0 aliphatic carbocycles. The lowest BCUT2D eigenvalue weighted by Gasteiger charge is -2.18. The molecule has 2 aromatic heterocycles. The number of aryl methyl sites for hydroxylation is 2. The first-order valence-corrected chi connectivity index (χ1v) is 26.8. The summed E-state index contributed by atoms with van der Waals surface area (Å²) in [4.78, 5) is 51.0. The van der Waals surface area contributed by atoms with Crippen LogP contribution >= 0.6 is 43.2 Å². The van der Waals surface area contributed by atoms with E-state index in [4.69, 9.17) is 71.4 Å². The van der Waals surface area contributed by atoms with Crippen LogP contribution in [0.5, 0.6) is 0 Å². The van der Waals surface area contributed by atoms with Crippen molar-refractivity contribution >= 4 is 43.2 Å². The van der Waals surface area contributed by atoms with Gasteiger partial charge in [0, 0.05) is 80.7 Å². The van der Waals surface area contributed by atoms with Gasteiger partial charge in [-0.2, -0.15) is 0 Å². The molecule has 0 saturated carbocycles. The molecule has 6 saturated heterocycles. The summed E-state index contributed by atoms with van der Waals surface area (Å²) in [5.41, 5.74) is -1.15. The Morgan fingerprint density at radius 3 is 1.49 bits per heavy atom. The van der Waals surface area contributed by atoms with Gasteiger partial charge in [-0.1, -0.05) is 43.2 Å². The van der Waals surface area contributed by atoms with Crippen molar-refractivity contribution < 1.29 is 76.5 Å². The van der Waals surface area contributed by atoms with Crippen LogP contribution in [0.25, 0.3) is 0 Å². The molecule has 2 aromatic rings. The van der Waals surface area contributed by atoms with E-state index in [0.29, 0.717) is 49.7 Å². The standard InChI is InChI=1S/C19H28N2O10S2.C11H16N2O5.C10H18O5S2/c1-10-4-21(17(24)20-16(10)23)15-3-13(22)14(31-15)7-28-19-27-6-12(30-19)9-33-32-8-11-5-26-18(25-2)29-11;1-6-4-13(11(16)12-10(6)15)9-3-7(17-2)8(5-14)18-9;1-7-12-3-8(14-7)5-16-17-6-9-4-13-10(11-2)15-9/h4,11-15,18-19,22H,3,5-9H2,1-2H3,(H,20,23,24);4,7-9,14H,3,5H2,1-2H3,(H,12,15,16);7-10H,3-6H2,1-2H3/t11?,12?,13?,14-,15-,18?,19?;7?,8-,9-;/m11./s1. The Kier molecular flexibility index (Phi) is 22.7. The minimum Gasteiger partial charge on any atom is -0.394 e. The molecule has 24 nitrogen and oxygen atoms in total. The molecular formula is C40H62N4O20S4. The lowest BCUT2D eigenvalue weighted by Crippen LogP contribution is -2.33. The van der Waals surface area contributed by atoms with Gasteiger partial charge in [0.2, 0.25) is 0 Å². The summed E-state index contributed by atoms with van der Waals surface area (Å²) in [5.74, 6) is 3.32. The summed E-state index contributed by atoms with van der Waals surface area (Å²) < 4.78 is 78.3. The first kappa shape index (κ1) is 55.4. The van der Waals surface area contributed by atoms with E-state index < -0.39 is 72.7 Å². The molecule has 0 spiro atoms. The number of rotatable bonds is 19. The van der Waals surface area contributed by atoms with E-state index in [0.717, 1.165) is 17.3 Å². The highest BCUT2D eigenvalue weighted by Gasteiger charge is 2.39. The molecule has 14 atom stereocenters. The summed E-state index contributed by atoms with van der Waals surface area (Å²) in [7, 11) is 11.5. The van der Waals surface area contributed by atoms with Crippen LogP contribution in [0, 0.1) is 13.8 Å². The molecule has 6 aliphatic heterocycles. The van der Waals surface area contributed by atoms with Crippen LogP contribution in [0.1, 0.15) is 43.3 Å². The largest absolute Gasteiger partial charge is 0.394 e. The Hall–Kier alpha value is -1.88. The lowest BCUT2D eigenvalue weighted by molar-refractivity contribution is -0.249. The maximum atomic E-state index is 12.1. The van der Waals surface area contributed by atoms with Crippen LogP contribution in [0.4, 0.5) is 0 Å². The second-order valence-electron chi connectivity index (χ2n) is 16.0. The van der Waals surface area contributed by atoms with Gasteiger partial charge >= 0.3 is 11.4 Å². The summed E-state index contributed by atoms with van der Waals surface area (Å²) in [6.45, 7) is 5.29. The third kappa shape index (κ3) is 16.3.